The Balaban J connectivity index is 2.05. The van der Waals surface area contributed by atoms with Gasteiger partial charge in [0.2, 0.25) is 0 Å². The van der Waals surface area contributed by atoms with Crippen LogP contribution in [0.5, 0.6) is 0 Å². The van der Waals surface area contributed by atoms with Gasteiger partial charge in [-0.25, -0.2) is 4.79 Å². The highest BCUT2D eigenvalue weighted by molar-refractivity contribution is 6.32. The quantitative estimate of drug-likeness (QED) is 0.408. The molecule has 110 valence electrons. The maximum atomic E-state index is 11.3. The monoisotopic (exact) mass is 271 g/mol. The summed E-state index contributed by atoms with van der Waals surface area (Å²) in [7, 11) is 0. The predicted molar refractivity (Wildman–Crippen MR) is 72.8 cm³/mol. The van der Waals surface area contributed by atoms with Crippen molar-refractivity contribution >= 4 is 11.9 Å². The van der Waals surface area contributed by atoms with E-state index in [1.54, 1.807) is 6.92 Å². The van der Waals surface area contributed by atoms with Crippen LogP contribution in [0.3, 0.4) is 0 Å². The van der Waals surface area contributed by atoms with E-state index in [1.165, 1.54) is 0 Å². The third-order valence-electron chi connectivity index (χ3n) is 3.31. The zero-order valence-corrected chi connectivity index (χ0v) is 12.0. The lowest BCUT2D eigenvalue weighted by molar-refractivity contribution is -0.154. The molecular weight excluding hydrogens is 246 g/mol. The molecule has 1 rings (SSSR count). The number of carbonyl (C=O) groups excluding carboxylic acids is 2. The minimum atomic E-state index is -0.793. The summed E-state index contributed by atoms with van der Waals surface area (Å²) >= 11 is 0. The SMILES string of the molecule is CCOC(=O)C(=O)NCCCN1CCN(CC)CC1. The van der Waals surface area contributed by atoms with E-state index in [0.29, 0.717) is 6.54 Å². The van der Waals surface area contributed by atoms with Crippen LogP contribution >= 0.6 is 0 Å². The molecule has 1 fully saturated rings. The van der Waals surface area contributed by atoms with E-state index in [0.717, 1.165) is 45.7 Å². The fourth-order valence-corrected chi connectivity index (χ4v) is 2.10. The molecule has 0 aromatic carbocycles. The van der Waals surface area contributed by atoms with Gasteiger partial charge in [0.05, 0.1) is 6.61 Å². The lowest BCUT2D eigenvalue weighted by Crippen LogP contribution is -2.46. The summed E-state index contributed by atoms with van der Waals surface area (Å²) in [6.45, 7) is 11.1. The molecule has 1 heterocycles. The second-order valence-electron chi connectivity index (χ2n) is 4.61. The highest BCUT2D eigenvalue weighted by atomic mass is 16.5. The zero-order chi connectivity index (χ0) is 14.1. The molecule has 1 aliphatic heterocycles. The van der Waals surface area contributed by atoms with E-state index in [9.17, 15) is 9.59 Å². The Morgan fingerprint density at radius 2 is 1.74 bits per heavy atom. The molecule has 1 aliphatic rings. The van der Waals surface area contributed by atoms with Crippen molar-refractivity contribution in [1.29, 1.82) is 0 Å². The van der Waals surface area contributed by atoms with Crippen molar-refractivity contribution in [3.05, 3.63) is 0 Å². The van der Waals surface area contributed by atoms with Crippen molar-refractivity contribution in [2.45, 2.75) is 20.3 Å². The molecule has 0 bridgehead atoms. The largest absolute Gasteiger partial charge is 0.459 e. The highest BCUT2D eigenvalue weighted by Gasteiger charge is 2.16. The number of rotatable bonds is 6. The van der Waals surface area contributed by atoms with Gasteiger partial charge in [-0.05, 0) is 26.4 Å². The van der Waals surface area contributed by atoms with Gasteiger partial charge >= 0.3 is 11.9 Å². The maximum absolute atomic E-state index is 11.3. The number of amides is 1. The lowest BCUT2D eigenvalue weighted by atomic mass is 10.3. The maximum Gasteiger partial charge on any atom is 0.396 e. The molecule has 0 radical (unpaired) electrons. The van der Waals surface area contributed by atoms with Crippen LogP contribution in [-0.4, -0.2) is 74.1 Å². The molecule has 0 aromatic rings. The number of nitrogens with zero attached hydrogens (tertiary/aromatic N) is 2. The summed E-state index contributed by atoms with van der Waals surface area (Å²) < 4.78 is 4.61. The number of esters is 1. The van der Waals surface area contributed by atoms with Gasteiger partial charge in [-0.15, -0.1) is 0 Å². The first kappa shape index (κ1) is 15.9. The van der Waals surface area contributed by atoms with Gasteiger partial charge < -0.3 is 19.9 Å². The minimum Gasteiger partial charge on any atom is -0.459 e. The van der Waals surface area contributed by atoms with E-state index >= 15 is 0 Å². The normalized spacial score (nSPS) is 17.2. The zero-order valence-electron chi connectivity index (χ0n) is 12.0. The van der Waals surface area contributed by atoms with E-state index in [2.05, 4.69) is 26.8 Å². The lowest BCUT2D eigenvalue weighted by Gasteiger charge is -2.33. The highest BCUT2D eigenvalue weighted by Crippen LogP contribution is 2.01. The molecule has 1 saturated heterocycles. The number of hydrogen-bond acceptors (Lipinski definition) is 5. The average Bonchev–Trinajstić information content (AvgIpc) is 2.44. The van der Waals surface area contributed by atoms with E-state index in [1.807, 2.05) is 0 Å². The smallest absolute Gasteiger partial charge is 0.396 e. The van der Waals surface area contributed by atoms with E-state index < -0.39 is 11.9 Å². The van der Waals surface area contributed by atoms with Crippen molar-refractivity contribution in [2.24, 2.45) is 0 Å². The van der Waals surface area contributed by atoms with Gasteiger partial charge in [-0.1, -0.05) is 6.92 Å². The number of piperazine rings is 1. The molecule has 0 aromatic heterocycles. The fraction of sp³-hybridized carbons (Fsp3) is 0.846. The molecule has 0 saturated carbocycles. The Bertz CT molecular complexity index is 289. The van der Waals surface area contributed by atoms with Crippen molar-refractivity contribution in [2.75, 3.05) is 52.4 Å². The molecule has 6 heteroatoms. The van der Waals surface area contributed by atoms with Crippen molar-refractivity contribution in [3.8, 4) is 0 Å². The molecule has 6 nitrogen and oxygen atoms in total. The predicted octanol–water partition coefficient (Wildman–Crippen LogP) is -0.307. The number of nitrogens with one attached hydrogen (secondary N) is 1. The Kier molecular flexibility index (Phi) is 7.43. The number of likely N-dealkylation sites (N-methyl/N-ethyl adjacent to an activating group) is 1. The Labute approximate surface area is 115 Å². The number of hydrogen-bond donors (Lipinski definition) is 1. The molecular formula is C13H25N3O3. The fourth-order valence-electron chi connectivity index (χ4n) is 2.10. The van der Waals surface area contributed by atoms with Crippen molar-refractivity contribution in [1.82, 2.24) is 15.1 Å². The molecule has 1 N–H and O–H groups in total. The van der Waals surface area contributed by atoms with Crippen LogP contribution in [-0.2, 0) is 14.3 Å². The molecule has 0 unspecified atom stereocenters. The number of carbonyl (C=O) groups is 2. The van der Waals surface area contributed by atoms with Gasteiger partial charge in [-0.3, -0.25) is 4.79 Å². The van der Waals surface area contributed by atoms with Crippen LogP contribution < -0.4 is 5.32 Å². The van der Waals surface area contributed by atoms with E-state index in [4.69, 9.17) is 0 Å². The Morgan fingerprint density at radius 3 is 2.32 bits per heavy atom. The van der Waals surface area contributed by atoms with Crippen LogP contribution in [0.4, 0.5) is 0 Å². The number of ether oxygens (including phenoxy) is 1. The molecule has 1 amide bonds. The Morgan fingerprint density at radius 1 is 1.11 bits per heavy atom. The van der Waals surface area contributed by atoms with Gasteiger partial charge in [0.15, 0.2) is 0 Å². The molecule has 0 atom stereocenters. The first-order valence-electron chi connectivity index (χ1n) is 7.07. The Hall–Kier alpha value is -1.14. The van der Waals surface area contributed by atoms with Crippen LogP contribution in [0.15, 0.2) is 0 Å². The molecule has 19 heavy (non-hydrogen) atoms. The van der Waals surface area contributed by atoms with Crippen LogP contribution in [0.1, 0.15) is 20.3 Å². The molecule has 0 spiro atoms. The van der Waals surface area contributed by atoms with Gasteiger partial charge in [-0.2, -0.15) is 0 Å². The molecule has 0 aliphatic carbocycles. The second kappa shape index (κ2) is 8.87. The summed E-state index contributed by atoms with van der Waals surface area (Å²) in [4.78, 5) is 27.1. The van der Waals surface area contributed by atoms with Crippen molar-refractivity contribution < 1.29 is 14.3 Å². The standard InChI is InChI=1S/C13H25N3O3/c1-3-15-8-10-16(11-9-15)7-5-6-14-12(17)13(18)19-4-2/h3-11H2,1-2H3,(H,14,17). The summed E-state index contributed by atoms with van der Waals surface area (Å²) in [6.07, 6.45) is 0.858. The topological polar surface area (TPSA) is 61.9 Å². The first-order valence-corrected chi connectivity index (χ1v) is 7.07. The summed E-state index contributed by atoms with van der Waals surface area (Å²) in [6, 6.07) is 0. The average molecular weight is 271 g/mol. The van der Waals surface area contributed by atoms with Gasteiger partial charge in [0, 0.05) is 32.7 Å². The summed E-state index contributed by atoms with van der Waals surface area (Å²) in [5, 5.41) is 2.58. The first-order chi connectivity index (χ1) is 9.17. The summed E-state index contributed by atoms with van der Waals surface area (Å²) in [5.41, 5.74) is 0. The van der Waals surface area contributed by atoms with Crippen LogP contribution in [0, 0.1) is 0 Å². The summed E-state index contributed by atoms with van der Waals surface area (Å²) in [5.74, 6) is -1.43. The third-order valence-corrected chi connectivity index (χ3v) is 3.31. The minimum absolute atomic E-state index is 0.230. The second-order valence-corrected chi connectivity index (χ2v) is 4.61. The van der Waals surface area contributed by atoms with Gasteiger partial charge in [0.1, 0.15) is 0 Å². The van der Waals surface area contributed by atoms with Crippen molar-refractivity contribution in [3.63, 3.8) is 0 Å². The third kappa shape index (κ3) is 6.02. The van der Waals surface area contributed by atoms with Gasteiger partial charge in [0.25, 0.3) is 0 Å². The van der Waals surface area contributed by atoms with Crippen LogP contribution in [0.25, 0.3) is 0 Å². The van der Waals surface area contributed by atoms with Crippen LogP contribution in [0.2, 0.25) is 0 Å². The van der Waals surface area contributed by atoms with E-state index in [-0.39, 0.29) is 6.61 Å².